The molecule has 0 aliphatic heterocycles. The molecule has 19 heavy (non-hydrogen) atoms. The Morgan fingerprint density at radius 1 is 1.37 bits per heavy atom. The molecule has 1 saturated carbocycles. The molecule has 1 aliphatic carbocycles. The van der Waals surface area contributed by atoms with Gasteiger partial charge in [-0.3, -0.25) is 0 Å². The number of carbonyl (C=O) groups excluding carboxylic acids is 1. The Morgan fingerprint density at radius 3 is 2.58 bits per heavy atom. The third-order valence-electron chi connectivity index (χ3n) is 3.15. The Labute approximate surface area is 123 Å². The molecule has 1 aromatic rings. The fourth-order valence-electron chi connectivity index (χ4n) is 1.89. The largest absolute Gasteiger partial charge is 0.480 e. The fourth-order valence-corrected chi connectivity index (χ4v) is 2.41. The minimum absolute atomic E-state index is 0.385. The predicted octanol–water partition coefficient (Wildman–Crippen LogP) is 3.23. The summed E-state index contributed by atoms with van der Waals surface area (Å²) in [5.74, 6) is -1.01. The van der Waals surface area contributed by atoms with Crippen LogP contribution in [-0.4, -0.2) is 22.6 Å². The van der Waals surface area contributed by atoms with Crippen LogP contribution in [0.25, 0.3) is 0 Å². The van der Waals surface area contributed by atoms with Gasteiger partial charge in [0, 0.05) is 4.47 Å². The van der Waals surface area contributed by atoms with E-state index in [1.165, 1.54) is 0 Å². The molecule has 0 saturated heterocycles. The first-order valence-corrected chi connectivity index (χ1v) is 6.88. The van der Waals surface area contributed by atoms with Gasteiger partial charge in [-0.2, -0.15) is 0 Å². The van der Waals surface area contributed by atoms with Crippen LogP contribution >= 0.6 is 27.5 Å². The van der Waals surface area contributed by atoms with E-state index in [0.717, 1.165) is 10.9 Å². The molecule has 0 spiro atoms. The summed E-state index contributed by atoms with van der Waals surface area (Å²) in [6.07, 6.45) is 1.69. The second-order valence-electron chi connectivity index (χ2n) is 4.44. The molecule has 1 aliphatic rings. The van der Waals surface area contributed by atoms with Crippen molar-refractivity contribution in [2.45, 2.75) is 24.8 Å². The first-order valence-electron chi connectivity index (χ1n) is 5.70. The van der Waals surface area contributed by atoms with E-state index in [-0.39, 0.29) is 0 Å². The zero-order valence-corrected chi connectivity index (χ0v) is 12.2. The minimum Gasteiger partial charge on any atom is -0.480 e. The number of anilines is 1. The molecule has 102 valence electrons. The lowest BCUT2D eigenvalue weighted by Crippen LogP contribution is -2.60. The molecule has 0 aromatic heterocycles. The molecule has 1 fully saturated rings. The zero-order valence-electron chi connectivity index (χ0n) is 9.87. The van der Waals surface area contributed by atoms with E-state index in [1.54, 1.807) is 18.2 Å². The Morgan fingerprint density at radius 2 is 2.05 bits per heavy atom. The number of carbonyl (C=O) groups is 2. The summed E-state index contributed by atoms with van der Waals surface area (Å²) in [6.45, 7) is 0. The molecular formula is C12H12BrClN2O3. The van der Waals surface area contributed by atoms with Gasteiger partial charge in [-0.25, -0.2) is 9.59 Å². The van der Waals surface area contributed by atoms with Crippen molar-refractivity contribution in [1.29, 1.82) is 0 Å². The average molecular weight is 348 g/mol. The number of benzene rings is 1. The van der Waals surface area contributed by atoms with Crippen LogP contribution in [0, 0.1) is 0 Å². The monoisotopic (exact) mass is 346 g/mol. The Bertz CT molecular complexity index is 532. The van der Waals surface area contributed by atoms with Crippen molar-refractivity contribution in [3.63, 3.8) is 0 Å². The van der Waals surface area contributed by atoms with Crippen LogP contribution in [0.1, 0.15) is 19.3 Å². The van der Waals surface area contributed by atoms with E-state index in [0.29, 0.717) is 23.6 Å². The molecule has 0 atom stereocenters. The van der Waals surface area contributed by atoms with Gasteiger partial charge in [0.1, 0.15) is 5.54 Å². The number of amides is 2. The summed E-state index contributed by atoms with van der Waals surface area (Å²) in [7, 11) is 0. The molecule has 7 heteroatoms. The van der Waals surface area contributed by atoms with Crippen molar-refractivity contribution < 1.29 is 14.7 Å². The Kier molecular flexibility index (Phi) is 4.01. The van der Waals surface area contributed by atoms with Crippen molar-refractivity contribution in [2.24, 2.45) is 0 Å². The summed E-state index contributed by atoms with van der Waals surface area (Å²) >= 11 is 9.21. The average Bonchev–Trinajstić information content (AvgIpc) is 2.28. The van der Waals surface area contributed by atoms with E-state index in [1.807, 2.05) is 0 Å². The lowest BCUT2D eigenvalue weighted by Gasteiger charge is -2.38. The number of urea groups is 1. The number of hydrogen-bond acceptors (Lipinski definition) is 2. The molecule has 0 bridgehead atoms. The number of hydrogen-bond donors (Lipinski definition) is 3. The highest BCUT2D eigenvalue weighted by Crippen LogP contribution is 2.32. The molecule has 1 aromatic carbocycles. The van der Waals surface area contributed by atoms with Gasteiger partial charge < -0.3 is 15.7 Å². The van der Waals surface area contributed by atoms with Gasteiger partial charge in [-0.05, 0) is 37.5 Å². The van der Waals surface area contributed by atoms with E-state index in [2.05, 4.69) is 26.6 Å². The van der Waals surface area contributed by atoms with Gasteiger partial charge in [0.15, 0.2) is 0 Å². The first kappa shape index (κ1) is 14.1. The summed E-state index contributed by atoms with van der Waals surface area (Å²) in [5.41, 5.74) is -0.712. The summed E-state index contributed by atoms with van der Waals surface area (Å²) in [6, 6.07) is 4.46. The van der Waals surface area contributed by atoms with Gasteiger partial charge in [-0.15, -0.1) is 0 Å². The molecule has 3 N–H and O–H groups in total. The summed E-state index contributed by atoms with van der Waals surface area (Å²) < 4.78 is 0.767. The molecule has 2 amide bonds. The lowest BCUT2D eigenvalue weighted by molar-refractivity contribution is -0.148. The van der Waals surface area contributed by atoms with Crippen LogP contribution < -0.4 is 10.6 Å². The number of nitrogens with one attached hydrogen (secondary N) is 2. The highest BCUT2D eigenvalue weighted by molar-refractivity contribution is 9.10. The highest BCUT2D eigenvalue weighted by atomic mass is 79.9. The van der Waals surface area contributed by atoms with Crippen LogP contribution in [0.3, 0.4) is 0 Å². The molecular weight excluding hydrogens is 336 g/mol. The van der Waals surface area contributed by atoms with Crippen molar-refractivity contribution in [3.8, 4) is 0 Å². The maximum absolute atomic E-state index is 11.8. The zero-order chi connectivity index (χ0) is 14.0. The predicted molar refractivity (Wildman–Crippen MR) is 75.5 cm³/mol. The molecule has 5 nitrogen and oxygen atoms in total. The van der Waals surface area contributed by atoms with E-state index >= 15 is 0 Å². The third kappa shape index (κ3) is 3.01. The Hall–Kier alpha value is -1.27. The number of carboxylic acid groups (broad SMARTS) is 1. The summed E-state index contributed by atoms with van der Waals surface area (Å²) in [5, 5.41) is 14.6. The first-order chi connectivity index (χ1) is 8.93. The SMILES string of the molecule is O=C(Nc1cc(Br)ccc1Cl)NC1(C(=O)O)CCC1. The quantitative estimate of drug-likeness (QED) is 0.785. The number of halogens is 2. The smallest absolute Gasteiger partial charge is 0.329 e. The van der Waals surface area contributed by atoms with E-state index < -0.39 is 17.5 Å². The van der Waals surface area contributed by atoms with Crippen LogP contribution in [0.4, 0.5) is 10.5 Å². The van der Waals surface area contributed by atoms with Crippen LogP contribution in [0.5, 0.6) is 0 Å². The maximum atomic E-state index is 11.8. The minimum atomic E-state index is -1.14. The van der Waals surface area contributed by atoms with Gasteiger partial charge in [0.05, 0.1) is 10.7 Å². The highest BCUT2D eigenvalue weighted by Gasteiger charge is 2.45. The third-order valence-corrected chi connectivity index (χ3v) is 3.97. The molecule has 0 unspecified atom stereocenters. The van der Waals surface area contributed by atoms with E-state index in [9.17, 15) is 9.59 Å². The van der Waals surface area contributed by atoms with Crippen molar-refractivity contribution in [2.75, 3.05) is 5.32 Å². The van der Waals surface area contributed by atoms with Gasteiger partial charge in [0.25, 0.3) is 0 Å². The van der Waals surface area contributed by atoms with Gasteiger partial charge >= 0.3 is 12.0 Å². The number of carboxylic acids is 1. The normalized spacial score (nSPS) is 16.3. The van der Waals surface area contributed by atoms with Crippen LogP contribution in [-0.2, 0) is 4.79 Å². The van der Waals surface area contributed by atoms with Gasteiger partial charge in [-0.1, -0.05) is 27.5 Å². The fraction of sp³-hybridized carbons (Fsp3) is 0.333. The van der Waals surface area contributed by atoms with Crippen molar-refractivity contribution in [1.82, 2.24) is 5.32 Å². The summed E-state index contributed by atoms with van der Waals surface area (Å²) in [4.78, 5) is 23.0. The Balaban J connectivity index is 2.05. The van der Waals surface area contributed by atoms with Crippen LogP contribution in [0.15, 0.2) is 22.7 Å². The number of aliphatic carboxylic acids is 1. The van der Waals surface area contributed by atoms with Gasteiger partial charge in [0.2, 0.25) is 0 Å². The molecule has 0 radical (unpaired) electrons. The van der Waals surface area contributed by atoms with Crippen molar-refractivity contribution in [3.05, 3.63) is 27.7 Å². The molecule has 2 rings (SSSR count). The number of rotatable bonds is 3. The van der Waals surface area contributed by atoms with E-state index in [4.69, 9.17) is 16.7 Å². The molecule has 0 heterocycles. The van der Waals surface area contributed by atoms with Crippen LogP contribution in [0.2, 0.25) is 5.02 Å². The topological polar surface area (TPSA) is 78.4 Å². The lowest BCUT2D eigenvalue weighted by atomic mass is 9.77. The second kappa shape index (κ2) is 5.38. The standard InChI is InChI=1S/C12H12BrClN2O3/c13-7-2-3-8(14)9(6-7)15-11(19)16-12(10(17)18)4-1-5-12/h2-3,6H,1,4-5H2,(H,17,18)(H2,15,16,19). The maximum Gasteiger partial charge on any atom is 0.329 e. The van der Waals surface area contributed by atoms with Crippen molar-refractivity contribution >= 4 is 45.2 Å². The second-order valence-corrected chi connectivity index (χ2v) is 5.77.